The van der Waals surface area contributed by atoms with Crippen molar-refractivity contribution in [2.45, 2.75) is 18.7 Å². The lowest BCUT2D eigenvalue weighted by Crippen LogP contribution is -2.27. The number of ether oxygens (including phenoxy) is 1. The minimum atomic E-state index is -0.313. The topological polar surface area (TPSA) is 38.3 Å². The van der Waals surface area contributed by atoms with Crippen molar-refractivity contribution < 1.29 is 13.9 Å². The molecule has 100 valence electrons. The molecule has 0 aromatic heterocycles. The number of rotatable bonds is 6. The Kier molecular flexibility index (Phi) is 6.09. The molecule has 0 heterocycles. The predicted octanol–water partition coefficient (Wildman–Crippen LogP) is 2.51. The van der Waals surface area contributed by atoms with Crippen molar-refractivity contribution in [3.8, 4) is 0 Å². The number of hydrogen-bond acceptors (Lipinski definition) is 2. The number of nitrogens with one attached hydrogen (secondary N) is 1. The van der Waals surface area contributed by atoms with E-state index in [2.05, 4.69) is 5.32 Å². The third-order valence-corrected chi connectivity index (χ3v) is 2.85. The fraction of sp³-hybridized carbons (Fsp3) is 0.462. The summed E-state index contributed by atoms with van der Waals surface area (Å²) in [6, 6.07) is 4.28. The molecular weight excluding hydrogens is 257 g/mol. The molecule has 0 aliphatic heterocycles. The first-order valence-corrected chi connectivity index (χ1v) is 6.15. The van der Waals surface area contributed by atoms with E-state index in [0.717, 1.165) is 0 Å². The van der Waals surface area contributed by atoms with Gasteiger partial charge in [0.25, 0.3) is 5.91 Å². The van der Waals surface area contributed by atoms with Gasteiger partial charge in [-0.1, -0.05) is 0 Å². The largest absolute Gasteiger partial charge is 0.383 e. The zero-order valence-corrected chi connectivity index (χ0v) is 11.3. The van der Waals surface area contributed by atoms with Crippen LogP contribution < -0.4 is 5.32 Å². The van der Waals surface area contributed by atoms with Gasteiger partial charge in [0.2, 0.25) is 0 Å². The van der Waals surface area contributed by atoms with E-state index < -0.39 is 0 Å². The van der Waals surface area contributed by atoms with Crippen molar-refractivity contribution in [3.63, 3.8) is 0 Å². The number of amides is 1. The van der Waals surface area contributed by atoms with Gasteiger partial charge in [0.1, 0.15) is 5.82 Å². The summed E-state index contributed by atoms with van der Waals surface area (Å²) >= 11 is 5.93. The van der Waals surface area contributed by atoms with Crippen LogP contribution in [-0.4, -0.2) is 31.5 Å². The van der Waals surface area contributed by atoms with Gasteiger partial charge in [-0.3, -0.25) is 4.79 Å². The second-order valence-electron chi connectivity index (χ2n) is 4.06. The minimum Gasteiger partial charge on any atom is -0.383 e. The van der Waals surface area contributed by atoms with Crippen LogP contribution in [0.15, 0.2) is 18.2 Å². The summed E-state index contributed by atoms with van der Waals surface area (Å²) in [5.41, 5.74) is 0.906. The van der Waals surface area contributed by atoms with Crippen molar-refractivity contribution in [3.05, 3.63) is 35.1 Å². The third kappa shape index (κ3) is 4.63. The van der Waals surface area contributed by atoms with Crippen LogP contribution in [0.5, 0.6) is 0 Å². The van der Waals surface area contributed by atoms with Crippen LogP contribution in [0, 0.1) is 12.7 Å². The Labute approximate surface area is 111 Å². The molecule has 0 aliphatic carbocycles. The minimum absolute atomic E-state index is 0.120. The van der Waals surface area contributed by atoms with Crippen LogP contribution in [0.25, 0.3) is 0 Å². The molecule has 0 aliphatic rings. The smallest absolute Gasteiger partial charge is 0.251 e. The van der Waals surface area contributed by atoms with Gasteiger partial charge >= 0.3 is 0 Å². The first kappa shape index (κ1) is 14.9. The second-order valence-corrected chi connectivity index (χ2v) is 4.68. The highest BCUT2D eigenvalue weighted by Gasteiger charge is 2.09. The Balaban J connectivity index is 2.43. The highest BCUT2D eigenvalue weighted by Crippen LogP contribution is 2.09. The van der Waals surface area contributed by atoms with E-state index in [9.17, 15) is 9.18 Å². The Bertz CT molecular complexity index is 412. The van der Waals surface area contributed by atoms with Gasteiger partial charge in [0.15, 0.2) is 0 Å². The summed E-state index contributed by atoms with van der Waals surface area (Å²) in [7, 11) is 1.58. The van der Waals surface area contributed by atoms with Gasteiger partial charge in [-0.15, -0.1) is 11.6 Å². The Morgan fingerprint density at radius 2 is 2.28 bits per heavy atom. The van der Waals surface area contributed by atoms with Gasteiger partial charge in [0, 0.05) is 19.2 Å². The zero-order chi connectivity index (χ0) is 13.5. The Hall–Kier alpha value is -1.13. The molecule has 1 N–H and O–H groups in total. The third-order valence-electron chi connectivity index (χ3n) is 2.51. The van der Waals surface area contributed by atoms with E-state index in [1.54, 1.807) is 14.0 Å². The molecular formula is C13H17ClFNO2. The number of carbonyl (C=O) groups is 1. The maximum atomic E-state index is 13.0. The van der Waals surface area contributed by atoms with Crippen molar-refractivity contribution in [1.82, 2.24) is 5.32 Å². The first-order valence-electron chi connectivity index (χ1n) is 5.72. The van der Waals surface area contributed by atoms with Crippen LogP contribution >= 0.6 is 11.6 Å². The molecule has 1 aromatic rings. The van der Waals surface area contributed by atoms with E-state index in [1.165, 1.54) is 18.2 Å². The maximum absolute atomic E-state index is 13.0. The molecule has 1 rings (SSSR count). The van der Waals surface area contributed by atoms with Crippen LogP contribution in [-0.2, 0) is 4.74 Å². The molecule has 0 saturated heterocycles. The number of halogens is 2. The fourth-order valence-corrected chi connectivity index (χ4v) is 1.73. The molecule has 0 spiro atoms. The van der Waals surface area contributed by atoms with Gasteiger partial charge in [-0.25, -0.2) is 4.39 Å². The van der Waals surface area contributed by atoms with E-state index in [0.29, 0.717) is 30.7 Å². The lowest BCUT2D eigenvalue weighted by molar-refractivity contribution is 0.0951. The van der Waals surface area contributed by atoms with Gasteiger partial charge in [-0.05, 0) is 37.1 Å². The first-order chi connectivity index (χ1) is 8.54. The summed E-state index contributed by atoms with van der Waals surface area (Å²) in [4.78, 5) is 11.7. The number of carbonyl (C=O) groups excluding carboxylic acids is 1. The van der Waals surface area contributed by atoms with Crippen molar-refractivity contribution in [2.75, 3.05) is 20.3 Å². The van der Waals surface area contributed by atoms with E-state index >= 15 is 0 Å². The molecule has 0 bridgehead atoms. The predicted molar refractivity (Wildman–Crippen MR) is 69.6 cm³/mol. The molecule has 1 unspecified atom stereocenters. The average Bonchev–Trinajstić information content (AvgIpc) is 2.33. The van der Waals surface area contributed by atoms with E-state index in [4.69, 9.17) is 16.3 Å². The van der Waals surface area contributed by atoms with Crippen LogP contribution in [0.2, 0.25) is 0 Å². The molecule has 1 aromatic carbocycles. The summed E-state index contributed by atoms with van der Waals surface area (Å²) < 4.78 is 17.9. The number of aryl methyl sites for hydroxylation is 1. The van der Waals surface area contributed by atoms with Crippen molar-refractivity contribution in [2.24, 2.45) is 0 Å². The van der Waals surface area contributed by atoms with Crippen LogP contribution in [0.4, 0.5) is 4.39 Å². The highest BCUT2D eigenvalue weighted by atomic mass is 35.5. The van der Waals surface area contributed by atoms with Gasteiger partial charge in [-0.2, -0.15) is 0 Å². The molecule has 0 fully saturated rings. The van der Waals surface area contributed by atoms with Gasteiger partial charge in [0.05, 0.1) is 12.0 Å². The van der Waals surface area contributed by atoms with Crippen molar-refractivity contribution in [1.29, 1.82) is 0 Å². The van der Waals surface area contributed by atoms with E-state index in [-0.39, 0.29) is 17.1 Å². The number of methoxy groups -OCH3 is 1. The number of benzene rings is 1. The van der Waals surface area contributed by atoms with Crippen LogP contribution in [0.3, 0.4) is 0 Å². The summed E-state index contributed by atoms with van der Waals surface area (Å²) in [5.74, 6) is -0.535. The second kappa shape index (κ2) is 7.34. The summed E-state index contributed by atoms with van der Waals surface area (Å²) in [6.45, 7) is 2.54. The number of alkyl halides is 1. The fourth-order valence-electron chi connectivity index (χ4n) is 1.49. The molecule has 5 heteroatoms. The van der Waals surface area contributed by atoms with Crippen LogP contribution in [0.1, 0.15) is 22.3 Å². The molecule has 0 radical (unpaired) electrons. The Morgan fingerprint density at radius 3 is 2.89 bits per heavy atom. The quantitative estimate of drug-likeness (QED) is 0.809. The normalized spacial score (nSPS) is 12.2. The molecule has 1 amide bonds. The highest BCUT2D eigenvalue weighted by molar-refractivity contribution is 6.20. The lowest BCUT2D eigenvalue weighted by atomic mass is 10.1. The van der Waals surface area contributed by atoms with E-state index in [1.807, 2.05) is 0 Å². The SMILES string of the molecule is COCC(Cl)CCNC(=O)c1ccc(F)c(C)c1. The zero-order valence-electron chi connectivity index (χ0n) is 10.5. The standard InChI is InChI=1S/C13H17ClFNO2/c1-9-7-10(3-4-12(9)15)13(17)16-6-5-11(14)8-18-2/h3-4,7,11H,5-6,8H2,1-2H3,(H,16,17). The maximum Gasteiger partial charge on any atom is 0.251 e. The summed E-state index contributed by atoms with van der Waals surface area (Å²) in [6.07, 6.45) is 0.626. The molecule has 3 nitrogen and oxygen atoms in total. The number of hydrogen-bond donors (Lipinski definition) is 1. The Morgan fingerprint density at radius 1 is 1.56 bits per heavy atom. The lowest BCUT2D eigenvalue weighted by Gasteiger charge is -2.09. The van der Waals surface area contributed by atoms with Crippen molar-refractivity contribution >= 4 is 17.5 Å². The monoisotopic (exact) mass is 273 g/mol. The average molecular weight is 274 g/mol. The molecule has 1 atom stereocenters. The molecule has 0 saturated carbocycles. The summed E-state index contributed by atoms with van der Waals surface area (Å²) in [5, 5.41) is 2.61. The van der Waals surface area contributed by atoms with Gasteiger partial charge < -0.3 is 10.1 Å². The molecule has 18 heavy (non-hydrogen) atoms.